The molecule has 0 spiro atoms. The van der Waals surface area contributed by atoms with Crippen LogP contribution in [0.1, 0.15) is 0 Å². The lowest BCUT2D eigenvalue weighted by molar-refractivity contribution is -0.0593. The Labute approximate surface area is 78.6 Å². The van der Waals surface area contributed by atoms with Gasteiger partial charge < -0.3 is 9.47 Å². The van der Waals surface area contributed by atoms with Gasteiger partial charge in [-0.1, -0.05) is 0 Å². The summed E-state index contributed by atoms with van der Waals surface area (Å²) in [4.78, 5) is 2.31. The molecule has 1 heterocycles. The molecule has 0 N–H and O–H groups in total. The zero-order chi connectivity index (χ0) is 8.81. The normalized spacial score (nSPS) is 26.0. The van der Waals surface area contributed by atoms with E-state index in [-0.39, 0.29) is 6.10 Å². The number of nitrogens with zero attached hydrogens (tertiary/aromatic N) is 1. The zero-order valence-electron chi connectivity index (χ0n) is 7.46. The lowest BCUT2D eigenvalue weighted by atomic mass is 10.3. The van der Waals surface area contributed by atoms with E-state index in [2.05, 4.69) is 4.90 Å². The molecule has 0 unspecified atom stereocenters. The molecule has 12 heavy (non-hydrogen) atoms. The average molecular weight is 194 g/mol. The van der Waals surface area contributed by atoms with Crippen molar-refractivity contribution in [3.63, 3.8) is 0 Å². The number of halogens is 1. The van der Waals surface area contributed by atoms with Crippen LogP contribution in [-0.2, 0) is 9.47 Å². The number of ether oxygens (including phenoxy) is 2. The molecule has 0 aromatic rings. The summed E-state index contributed by atoms with van der Waals surface area (Å²) >= 11 is 5.65. The monoisotopic (exact) mass is 193 g/mol. The minimum Gasteiger partial charge on any atom is -0.382 e. The number of morpholine rings is 1. The maximum absolute atomic E-state index is 5.65. The van der Waals surface area contributed by atoms with Crippen LogP contribution in [0.4, 0.5) is 0 Å². The third-order valence-electron chi connectivity index (χ3n) is 1.98. The van der Waals surface area contributed by atoms with Crippen LogP contribution in [0.3, 0.4) is 0 Å². The summed E-state index contributed by atoms with van der Waals surface area (Å²) in [6, 6.07) is 0. The molecule has 4 heteroatoms. The topological polar surface area (TPSA) is 21.7 Å². The molecular weight excluding hydrogens is 178 g/mol. The molecule has 0 radical (unpaired) electrons. The molecule has 1 aliphatic rings. The highest BCUT2D eigenvalue weighted by atomic mass is 35.5. The first-order chi connectivity index (χ1) is 5.86. The summed E-state index contributed by atoms with van der Waals surface area (Å²) in [6.45, 7) is 4.36. The first kappa shape index (κ1) is 10.3. The van der Waals surface area contributed by atoms with Gasteiger partial charge in [0.25, 0.3) is 0 Å². The second kappa shape index (κ2) is 5.75. The summed E-state index contributed by atoms with van der Waals surface area (Å²) in [5, 5.41) is 0. The van der Waals surface area contributed by atoms with Crippen molar-refractivity contribution in [2.24, 2.45) is 0 Å². The molecule has 1 saturated heterocycles. The van der Waals surface area contributed by atoms with Crippen molar-refractivity contribution in [3.05, 3.63) is 0 Å². The van der Waals surface area contributed by atoms with Crippen LogP contribution < -0.4 is 0 Å². The Balaban J connectivity index is 2.20. The molecule has 1 aliphatic heterocycles. The quantitative estimate of drug-likeness (QED) is 0.610. The fraction of sp³-hybridized carbons (Fsp3) is 1.00. The fourth-order valence-corrected chi connectivity index (χ4v) is 1.63. The van der Waals surface area contributed by atoms with Crippen molar-refractivity contribution in [2.75, 3.05) is 45.8 Å². The summed E-state index contributed by atoms with van der Waals surface area (Å²) in [6.07, 6.45) is 0.229. The molecule has 0 saturated carbocycles. The van der Waals surface area contributed by atoms with E-state index < -0.39 is 0 Å². The third-order valence-corrected chi connectivity index (χ3v) is 2.15. The number of methoxy groups -OCH3 is 1. The van der Waals surface area contributed by atoms with E-state index in [1.165, 1.54) is 0 Å². The van der Waals surface area contributed by atoms with E-state index in [4.69, 9.17) is 21.1 Å². The number of hydrogen-bond acceptors (Lipinski definition) is 3. The second-order valence-electron chi connectivity index (χ2n) is 2.94. The molecule has 1 fully saturated rings. The van der Waals surface area contributed by atoms with E-state index in [0.29, 0.717) is 12.5 Å². The van der Waals surface area contributed by atoms with Crippen LogP contribution in [0, 0.1) is 0 Å². The smallest absolute Gasteiger partial charge is 0.0935 e. The van der Waals surface area contributed by atoms with E-state index in [9.17, 15) is 0 Å². The fourth-order valence-electron chi connectivity index (χ4n) is 1.39. The summed E-state index contributed by atoms with van der Waals surface area (Å²) in [5.41, 5.74) is 0. The van der Waals surface area contributed by atoms with E-state index in [0.717, 1.165) is 26.2 Å². The molecular formula is C8H16ClNO2. The largest absolute Gasteiger partial charge is 0.382 e. The van der Waals surface area contributed by atoms with Crippen LogP contribution in [0.15, 0.2) is 0 Å². The van der Waals surface area contributed by atoms with Gasteiger partial charge in [-0.25, -0.2) is 0 Å². The van der Waals surface area contributed by atoms with Gasteiger partial charge in [-0.05, 0) is 0 Å². The van der Waals surface area contributed by atoms with Crippen molar-refractivity contribution < 1.29 is 9.47 Å². The standard InChI is InChI=1S/C8H16ClNO2/c1-11-7-8-6-10(3-2-9)4-5-12-8/h8H,2-7H2,1H3/t8-/m1/s1. The maximum atomic E-state index is 5.65. The van der Waals surface area contributed by atoms with Crippen LogP contribution >= 0.6 is 11.6 Å². The van der Waals surface area contributed by atoms with E-state index in [1.807, 2.05) is 0 Å². The first-order valence-corrected chi connectivity index (χ1v) is 4.79. The predicted octanol–water partition coefficient (Wildman–Crippen LogP) is 0.572. The van der Waals surface area contributed by atoms with E-state index >= 15 is 0 Å². The Morgan fingerprint density at radius 1 is 1.67 bits per heavy atom. The molecule has 0 aliphatic carbocycles. The molecule has 0 bridgehead atoms. The Morgan fingerprint density at radius 3 is 3.17 bits per heavy atom. The molecule has 1 atom stereocenters. The third kappa shape index (κ3) is 3.27. The van der Waals surface area contributed by atoms with Gasteiger partial charge in [0, 0.05) is 32.6 Å². The van der Waals surface area contributed by atoms with Gasteiger partial charge in [0.15, 0.2) is 0 Å². The van der Waals surface area contributed by atoms with Gasteiger partial charge in [-0.2, -0.15) is 0 Å². The van der Waals surface area contributed by atoms with Crippen LogP contribution in [-0.4, -0.2) is 56.8 Å². The van der Waals surface area contributed by atoms with E-state index in [1.54, 1.807) is 7.11 Å². The van der Waals surface area contributed by atoms with Crippen molar-refractivity contribution in [1.29, 1.82) is 0 Å². The van der Waals surface area contributed by atoms with Crippen LogP contribution in [0.5, 0.6) is 0 Å². The maximum Gasteiger partial charge on any atom is 0.0935 e. The molecule has 72 valence electrons. The Bertz CT molecular complexity index is 108. The van der Waals surface area contributed by atoms with Crippen molar-refractivity contribution in [2.45, 2.75) is 6.10 Å². The molecule has 0 aromatic carbocycles. The zero-order valence-corrected chi connectivity index (χ0v) is 8.22. The van der Waals surface area contributed by atoms with Crippen LogP contribution in [0.25, 0.3) is 0 Å². The highest BCUT2D eigenvalue weighted by Gasteiger charge is 2.19. The highest BCUT2D eigenvalue weighted by molar-refractivity contribution is 6.18. The van der Waals surface area contributed by atoms with Gasteiger partial charge in [0.05, 0.1) is 19.3 Å². The Kier molecular flexibility index (Phi) is 4.92. The summed E-state index contributed by atoms with van der Waals surface area (Å²) in [7, 11) is 1.70. The highest BCUT2D eigenvalue weighted by Crippen LogP contribution is 2.05. The summed E-state index contributed by atoms with van der Waals surface area (Å²) < 4.78 is 10.5. The van der Waals surface area contributed by atoms with Crippen molar-refractivity contribution in [3.8, 4) is 0 Å². The minimum atomic E-state index is 0.229. The Hall–Kier alpha value is 0.170. The molecule has 3 nitrogen and oxygen atoms in total. The van der Waals surface area contributed by atoms with Gasteiger partial charge >= 0.3 is 0 Å². The summed E-state index contributed by atoms with van der Waals surface area (Å²) in [5.74, 6) is 0.694. The SMILES string of the molecule is COC[C@H]1CN(CCCl)CCO1. The number of hydrogen-bond donors (Lipinski definition) is 0. The van der Waals surface area contributed by atoms with Crippen molar-refractivity contribution >= 4 is 11.6 Å². The Morgan fingerprint density at radius 2 is 2.50 bits per heavy atom. The minimum absolute atomic E-state index is 0.229. The predicted molar refractivity (Wildman–Crippen MR) is 48.8 cm³/mol. The molecule has 0 amide bonds. The lowest BCUT2D eigenvalue weighted by Crippen LogP contribution is -2.44. The lowest BCUT2D eigenvalue weighted by Gasteiger charge is -2.31. The van der Waals surface area contributed by atoms with Gasteiger partial charge in [0.2, 0.25) is 0 Å². The second-order valence-corrected chi connectivity index (χ2v) is 3.32. The number of rotatable bonds is 4. The number of alkyl halides is 1. The van der Waals surface area contributed by atoms with Gasteiger partial charge in [0.1, 0.15) is 0 Å². The first-order valence-electron chi connectivity index (χ1n) is 4.25. The van der Waals surface area contributed by atoms with Gasteiger partial charge in [-0.3, -0.25) is 4.90 Å². The molecule has 0 aromatic heterocycles. The van der Waals surface area contributed by atoms with Crippen LogP contribution in [0.2, 0.25) is 0 Å². The van der Waals surface area contributed by atoms with Gasteiger partial charge in [-0.15, -0.1) is 11.6 Å². The van der Waals surface area contributed by atoms with Crippen molar-refractivity contribution in [1.82, 2.24) is 4.90 Å². The average Bonchev–Trinajstić information content (AvgIpc) is 2.06. The molecule has 1 rings (SSSR count).